The van der Waals surface area contributed by atoms with E-state index in [2.05, 4.69) is 193 Å². The number of hydrogen-bond acceptors (Lipinski definition) is 2. The van der Waals surface area contributed by atoms with E-state index in [1.54, 1.807) is 0 Å². The van der Waals surface area contributed by atoms with E-state index in [9.17, 15) is 0 Å². The quantitative estimate of drug-likeness (QED) is 0.176. The molecule has 0 radical (unpaired) electrons. The summed E-state index contributed by atoms with van der Waals surface area (Å²) in [6, 6.07) is 71.9. The zero-order valence-corrected chi connectivity index (χ0v) is 28.4. The highest BCUT2D eigenvalue weighted by Gasteiger charge is 2.17. The summed E-state index contributed by atoms with van der Waals surface area (Å²) in [6.45, 7) is 0. The van der Waals surface area contributed by atoms with E-state index in [1.807, 2.05) is 12.1 Å². The molecule has 0 fully saturated rings. The number of anilines is 3. The summed E-state index contributed by atoms with van der Waals surface area (Å²) in [7, 11) is 0. The topological polar surface area (TPSA) is 16.4 Å². The highest BCUT2D eigenvalue weighted by atomic mass is 16.3. The van der Waals surface area contributed by atoms with Gasteiger partial charge in [0, 0.05) is 27.8 Å². The van der Waals surface area contributed by atoms with E-state index in [-0.39, 0.29) is 0 Å². The van der Waals surface area contributed by atoms with Gasteiger partial charge in [-0.1, -0.05) is 133 Å². The van der Waals surface area contributed by atoms with Gasteiger partial charge in [-0.05, 0) is 122 Å². The Balaban J connectivity index is 1.09. The zero-order valence-electron chi connectivity index (χ0n) is 28.4. The fourth-order valence-electron chi connectivity index (χ4n) is 7.55. The lowest BCUT2D eigenvalue weighted by Crippen LogP contribution is -2.10. The Morgan fingerprint density at radius 2 is 0.769 bits per heavy atom. The summed E-state index contributed by atoms with van der Waals surface area (Å²) in [5, 5.41) is 7.18. The minimum atomic E-state index is 0.885. The van der Waals surface area contributed by atoms with Crippen molar-refractivity contribution in [3.05, 3.63) is 200 Å². The molecule has 0 aliphatic heterocycles. The smallest absolute Gasteiger partial charge is 0.135 e. The molecule has 0 N–H and O–H groups in total. The van der Waals surface area contributed by atoms with Crippen LogP contribution in [0.15, 0.2) is 205 Å². The Morgan fingerprint density at radius 3 is 1.48 bits per heavy atom. The molecule has 0 amide bonds. The van der Waals surface area contributed by atoms with E-state index < -0.39 is 0 Å². The van der Waals surface area contributed by atoms with Crippen molar-refractivity contribution in [2.75, 3.05) is 4.90 Å². The van der Waals surface area contributed by atoms with Crippen LogP contribution in [0.25, 0.3) is 76.9 Å². The van der Waals surface area contributed by atoms with E-state index >= 15 is 0 Å². The third kappa shape index (κ3) is 5.39. The number of benzene rings is 9. The number of hydrogen-bond donors (Lipinski definition) is 0. The van der Waals surface area contributed by atoms with Crippen molar-refractivity contribution in [1.29, 1.82) is 0 Å². The third-order valence-electron chi connectivity index (χ3n) is 10.2. The monoisotopic (exact) mass is 663 g/mol. The molecule has 1 heterocycles. The first-order chi connectivity index (χ1) is 25.7. The highest BCUT2D eigenvalue weighted by Crippen LogP contribution is 2.41. The molecule has 1 aromatic heterocycles. The molecule has 0 aliphatic carbocycles. The molecule has 0 saturated heterocycles. The summed E-state index contributed by atoms with van der Waals surface area (Å²) in [6.07, 6.45) is 0. The number of nitrogens with zero attached hydrogens (tertiary/aromatic N) is 1. The first-order valence-corrected chi connectivity index (χ1v) is 17.7. The molecule has 10 rings (SSSR count). The van der Waals surface area contributed by atoms with Gasteiger partial charge in [-0.3, -0.25) is 0 Å². The fourth-order valence-corrected chi connectivity index (χ4v) is 7.55. The van der Waals surface area contributed by atoms with Crippen LogP contribution in [-0.4, -0.2) is 0 Å². The van der Waals surface area contributed by atoms with Crippen LogP contribution in [0.1, 0.15) is 0 Å². The van der Waals surface area contributed by atoms with Crippen LogP contribution in [0.4, 0.5) is 17.1 Å². The molecular formula is C50H33NO. The van der Waals surface area contributed by atoms with Crippen molar-refractivity contribution >= 4 is 60.5 Å². The van der Waals surface area contributed by atoms with Crippen molar-refractivity contribution < 1.29 is 4.42 Å². The molecule has 0 aliphatic rings. The zero-order chi connectivity index (χ0) is 34.4. The number of para-hydroxylation sites is 1. The van der Waals surface area contributed by atoms with Crippen molar-refractivity contribution in [2.24, 2.45) is 0 Å². The van der Waals surface area contributed by atoms with E-state index in [1.165, 1.54) is 49.4 Å². The molecule has 0 bridgehead atoms. The lowest BCUT2D eigenvalue weighted by Gasteiger charge is -2.26. The second-order valence-electron chi connectivity index (χ2n) is 13.4. The molecule has 0 saturated carbocycles. The van der Waals surface area contributed by atoms with Crippen LogP contribution in [0, 0.1) is 0 Å². The molecule has 0 spiro atoms. The number of rotatable bonds is 6. The van der Waals surface area contributed by atoms with Crippen LogP contribution in [0.5, 0.6) is 0 Å². The van der Waals surface area contributed by atoms with Crippen molar-refractivity contribution in [2.45, 2.75) is 0 Å². The van der Waals surface area contributed by atoms with Crippen molar-refractivity contribution in [3.8, 4) is 33.4 Å². The van der Waals surface area contributed by atoms with Gasteiger partial charge in [-0.25, -0.2) is 0 Å². The Morgan fingerprint density at radius 1 is 0.269 bits per heavy atom. The second-order valence-corrected chi connectivity index (χ2v) is 13.4. The molecule has 52 heavy (non-hydrogen) atoms. The van der Waals surface area contributed by atoms with Crippen LogP contribution >= 0.6 is 0 Å². The van der Waals surface area contributed by atoms with E-state index in [0.29, 0.717) is 0 Å². The maximum absolute atomic E-state index is 6.22. The maximum Gasteiger partial charge on any atom is 0.135 e. The first-order valence-electron chi connectivity index (χ1n) is 17.7. The summed E-state index contributed by atoms with van der Waals surface area (Å²) < 4.78 is 6.22. The molecule has 244 valence electrons. The van der Waals surface area contributed by atoms with Gasteiger partial charge in [0.2, 0.25) is 0 Å². The van der Waals surface area contributed by atoms with E-state index in [4.69, 9.17) is 4.42 Å². The van der Waals surface area contributed by atoms with Crippen LogP contribution in [0.2, 0.25) is 0 Å². The molecule has 9 aromatic carbocycles. The van der Waals surface area contributed by atoms with Gasteiger partial charge in [0.15, 0.2) is 0 Å². The average Bonchev–Trinajstić information content (AvgIpc) is 3.59. The maximum atomic E-state index is 6.22. The van der Waals surface area contributed by atoms with Gasteiger partial charge >= 0.3 is 0 Å². The van der Waals surface area contributed by atoms with Gasteiger partial charge < -0.3 is 9.32 Å². The minimum absolute atomic E-state index is 0.885. The van der Waals surface area contributed by atoms with Gasteiger partial charge in [0.1, 0.15) is 11.2 Å². The third-order valence-corrected chi connectivity index (χ3v) is 10.2. The highest BCUT2D eigenvalue weighted by molar-refractivity contribution is 6.06. The average molecular weight is 664 g/mol. The second kappa shape index (κ2) is 12.5. The molecular weight excluding hydrogens is 631 g/mol. The normalized spacial score (nSPS) is 11.5. The number of fused-ring (bicyclic) bond motifs is 5. The molecule has 2 nitrogen and oxygen atoms in total. The van der Waals surface area contributed by atoms with Gasteiger partial charge in [0.25, 0.3) is 0 Å². The summed E-state index contributed by atoms with van der Waals surface area (Å²) >= 11 is 0. The fraction of sp³-hybridized carbons (Fsp3) is 0. The lowest BCUT2D eigenvalue weighted by atomic mass is 9.96. The van der Waals surface area contributed by atoms with Crippen molar-refractivity contribution in [3.63, 3.8) is 0 Å². The van der Waals surface area contributed by atoms with Gasteiger partial charge in [0.05, 0.1) is 0 Å². The molecule has 10 aromatic rings. The Kier molecular flexibility index (Phi) is 7.18. The van der Waals surface area contributed by atoms with Gasteiger partial charge in [-0.2, -0.15) is 0 Å². The lowest BCUT2D eigenvalue weighted by molar-refractivity contribution is 0.669. The predicted octanol–water partition coefficient (Wildman–Crippen LogP) is 14.4. The van der Waals surface area contributed by atoms with E-state index in [0.717, 1.165) is 44.6 Å². The molecule has 0 atom stereocenters. The SMILES string of the molecule is c1ccc(-c2cccc(N(c3cccc(-c4ccc5ccc(-c6ccc7ccccc7c6)cc5c4)c3)c3ccc4oc5ccccc5c4c3)c2)cc1. The first kappa shape index (κ1) is 30.0. The molecule has 2 heteroatoms. The van der Waals surface area contributed by atoms with Gasteiger partial charge in [-0.15, -0.1) is 0 Å². The predicted molar refractivity (Wildman–Crippen MR) is 220 cm³/mol. The number of furan rings is 1. The van der Waals surface area contributed by atoms with Crippen LogP contribution in [-0.2, 0) is 0 Å². The summed E-state index contributed by atoms with van der Waals surface area (Å²) in [4.78, 5) is 2.36. The summed E-state index contributed by atoms with van der Waals surface area (Å²) in [5.41, 5.74) is 12.2. The standard InChI is InChI=1S/C50H33NO/c1-2-10-34(11-3-1)38-14-8-16-44(31-38)51(46-26-27-50-48(33-46)47-18-6-7-19-49(47)52-50)45-17-9-15-39(32-45)41-24-21-36-22-25-42(30-43(36)29-41)40-23-20-35-12-4-5-13-37(35)28-40/h1-33H. The Bertz CT molecular complexity index is 2920. The van der Waals surface area contributed by atoms with Crippen molar-refractivity contribution in [1.82, 2.24) is 0 Å². The van der Waals surface area contributed by atoms with Crippen LogP contribution < -0.4 is 4.90 Å². The Labute approximate surface area is 302 Å². The summed E-state index contributed by atoms with van der Waals surface area (Å²) in [5.74, 6) is 0. The molecule has 0 unspecified atom stereocenters. The minimum Gasteiger partial charge on any atom is -0.456 e. The van der Waals surface area contributed by atoms with Crippen LogP contribution in [0.3, 0.4) is 0 Å². The largest absolute Gasteiger partial charge is 0.456 e. The Hall–Kier alpha value is -6.90.